The van der Waals surface area contributed by atoms with Crippen molar-refractivity contribution in [1.82, 2.24) is 10.4 Å². The molecule has 0 bridgehead atoms. The van der Waals surface area contributed by atoms with Crippen molar-refractivity contribution in [2.24, 2.45) is 0 Å². The molecule has 0 aromatic rings. The van der Waals surface area contributed by atoms with Crippen LogP contribution in [-0.4, -0.2) is 19.1 Å². The highest BCUT2D eigenvalue weighted by atomic mass is 15.5. The van der Waals surface area contributed by atoms with Gasteiger partial charge in [-0.15, -0.1) is 5.43 Å². The summed E-state index contributed by atoms with van der Waals surface area (Å²) >= 11 is 0. The van der Waals surface area contributed by atoms with E-state index in [0.717, 1.165) is 19.5 Å². The lowest BCUT2D eigenvalue weighted by atomic mass is 10.3. The van der Waals surface area contributed by atoms with Gasteiger partial charge in [0.05, 0.1) is 6.04 Å². The molecule has 0 saturated heterocycles. The Hall–Kier alpha value is -0.600. The van der Waals surface area contributed by atoms with Crippen LogP contribution in [0.2, 0.25) is 0 Å². The van der Waals surface area contributed by atoms with Crippen molar-refractivity contribution in [3.05, 3.63) is 25.3 Å². The van der Waals surface area contributed by atoms with E-state index in [1.54, 1.807) is 0 Å². The Balaban J connectivity index is 3.75. The Kier molecular flexibility index (Phi) is 6.72. The van der Waals surface area contributed by atoms with Crippen LogP contribution in [0.4, 0.5) is 0 Å². The zero-order valence-corrected chi connectivity index (χ0v) is 8.21. The Bertz CT molecular complexity index is 122. The first-order valence-corrected chi connectivity index (χ1v) is 4.47. The molecule has 0 aliphatic carbocycles. The van der Waals surface area contributed by atoms with Gasteiger partial charge in [-0.2, -0.15) is 0 Å². The molecular weight excluding hydrogens is 148 g/mol. The highest BCUT2D eigenvalue weighted by molar-refractivity contribution is 4.81. The highest BCUT2D eigenvalue weighted by Gasteiger charge is 2.13. The lowest BCUT2D eigenvalue weighted by molar-refractivity contribution is 0.312. The summed E-state index contributed by atoms with van der Waals surface area (Å²) in [6.45, 7) is 13.4. The third-order valence-electron chi connectivity index (χ3n) is 1.71. The molecule has 0 saturated carbocycles. The molecule has 0 fully saturated rings. The Morgan fingerprint density at radius 1 is 1.33 bits per heavy atom. The van der Waals surface area contributed by atoms with Gasteiger partial charge in [0.25, 0.3) is 0 Å². The summed E-state index contributed by atoms with van der Waals surface area (Å²) in [4.78, 5) is 0. The minimum atomic E-state index is 0.518. The van der Waals surface area contributed by atoms with Gasteiger partial charge in [0, 0.05) is 0 Å². The number of nitrogens with zero attached hydrogens (tertiary/aromatic N) is 1. The molecule has 0 amide bonds. The first-order valence-electron chi connectivity index (χ1n) is 4.47. The SMILES string of the molecule is C=CC[N+](CC=C)NC(C)CC. The smallest absolute Gasteiger partial charge is 0.115 e. The van der Waals surface area contributed by atoms with Crippen LogP contribution in [0.3, 0.4) is 0 Å². The van der Waals surface area contributed by atoms with E-state index in [1.807, 2.05) is 12.2 Å². The summed E-state index contributed by atoms with van der Waals surface area (Å²) in [6.07, 6.45) is 4.91. The first-order chi connectivity index (χ1) is 5.74. The molecule has 0 aliphatic heterocycles. The molecule has 0 aliphatic rings. The molecule has 0 spiro atoms. The average molecular weight is 168 g/mol. The predicted octanol–water partition coefficient (Wildman–Crippen LogP) is 1.80. The first kappa shape index (κ1) is 11.4. The van der Waals surface area contributed by atoms with Gasteiger partial charge in [-0.05, 0) is 25.5 Å². The second kappa shape index (κ2) is 7.07. The summed E-state index contributed by atoms with van der Waals surface area (Å²) in [5.41, 5.74) is 3.36. The maximum atomic E-state index is 3.70. The lowest BCUT2D eigenvalue weighted by Gasteiger charge is -2.13. The highest BCUT2D eigenvalue weighted by Crippen LogP contribution is 1.89. The lowest BCUT2D eigenvalue weighted by Crippen LogP contribution is -2.48. The summed E-state index contributed by atoms with van der Waals surface area (Å²) in [5, 5.41) is 2.11. The molecule has 1 N–H and O–H groups in total. The normalized spacial score (nSPS) is 12.9. The Labute approximate surface area is 75.9 Å². The van der Waals surface area contributed by atoms with Gasteiger partial charge in [-0.3, -0.25) is 0 Å². The molecule has 1 atom stereocenters. The molecule has 12 heavy (non-hydrogen) atoms. The maximum absolute atomic E-state index is 3.70. The van der Waals surface area contributed by atoms with Crippen molar-refractivity contribution >= 4 is 0 Å². The number of hydrazine groups is 1. The van der Waals surface area contributed by atoms with Crippen molar-refractivity contribution in [3.8, 4) is 0 Å². The van der Waals surface area contributed by atoms with Crippen LogP contribution in [0, 0.1) is 0 Å². The van der Waals surface area contributed by atoms with Gasteiger partial charge in [-0.1, -0.05) is 25.1 Å². The Morgan fingerprint density at radius 2 is 1.83 bits per heavy atom. The van der Waals surface area contributed by atoms with E-state index >= 15 is 0 Å². The third-order valence-corrected chi connectivity index (χ3v) is 1.71. The molecule has 2 heteroatoms. The minimum absolute atomic E-state index is 0.518. The van der Waals surface area contributed by atoms with Gasteiger partial charge in [0.2, 0.25) is 0 Å². The summed E-state index contributed by atoms with van der Waals surface area (Å²) in [6, 6.07) is 0.518. The standard InChI is InChI=1S/C10H20N2/c1-5-8-12(9-6-2)11-10(4)7-3/h5-6,10-11H,1-2,7-9H2,3-4H3/q+1. The largest absolute Gasteiger partial charge is 0.163 e. The molecule has 2 nitrogen and oxygen atoms in total. The quantitative estimate of drug-likeness (QED) is 0.349. The van der Waals surface area contributed by atoms with Crippen LogP contribution in [-0.2, 0) is 0 Å². The van der Waals surface area contributed by atoms with E-state index < -0.39 is 0 Å². The fourth-order valence-corrected chi connectivity index (χ4v) is 0.895. The molecule has 0 heterocycles. The van der Waals surface area contributed by atoms with Crippen molar-refractivity contribution in [2.75, 3.05) is 13.1 Å². The predicted molar refractivity (Wildman–Crippen MR) is 55.2 cm³/mol. The van der Waals surface area contributed by atoms with Gasteiger partial charge >= 0.3 is 0 Å². The summed E-state index contributed by atoms with van der Waals surface area (Å²) in [7, 11) is 0. The van der Waals surface area contributed by atoms with Crippen molar-refractivity contribution in [2.45, 2.75) is 26.3 Å². The third kappa shape index (κ3) is 5.10. The molecule has 0 aromatic heterocycles. The maximum Gasteiger partial charge on any atom is 0.163 e. The van der Waals surface area contributed by atoms with Crippen LogP contribution >= 0.6 is 0 Å². The van der Waals surface area contributed by atoms with E-state index in [-0.39, 0.29) is 0 Å². The summed E-state index contributed by atoms with van der Waals surface area (Å²) in [5.74, 6) is 0. The van der Waals surface area contributed by atoms with Crippen molar-refractivity contribution in [1.29, 1.82) is 0 Å². The van der Waals surface area contributed by atoms with Crippen LogP contribution in [0.1, 0.15) is 20.3 Å². The van der Waals surface area contributed by atoms with E-state index in [0.29, 0.717) is 6.04 Å². The van der Waals surface area contributed by atoms with Crippen molar-refractivity contribution in [3.63, 3.8) is 0 Å². The fourth-order valence-electron chi connectivity index (χ4n) is 0.895. The van der Waals surface area contributed by atoms with Gasteiger partial charge in [-0.25, -0.2) is 0 Å². The van der Waals surface area contributed by atoms with Crippen LogP contribution in [0.5, 0.6) is 0 Å². The zero-order valence-electron chi connectivity index (χ0n) is 8.21. The molecule has 0 aromatic carbocycles. The number of rotatable bonds is 7. The molecule has 0 rings (SSSR count). The van der Waals surface area contributed by atoms with E-state index in [1.165, 1.54) is 0 Å². The summed E-state index contributed by atoms with van der Waals surface area (Å²) < 4.78 is 0. The average Bonchev–Trinajstić information content (AvgIpc) is 2.05. The van der Waals surface area contributed by atoms with Crippen LogP contribution in [0.15, 0.2) is 25.3 Å². The van der Waals surface area contributed by atoms with Crippen LogP contribution < -0.4 is 10.4 Å². The number of nitrogens with one attached hydrogen (secondary N) is 1. The van der Waals surface area contributed by atoms with Gasteiger partial charge in [0.1, 0.15) is 0 Å². The number of hydrogen-bond donors (Lipinski definition) is 1. The fraction of sp³-hybridized carbons (Fsp3) is 0.600. The van der Waals surface area contributed by atoms with Gasteiger partial charge < -0.3 is 0 Å². The van der Waals surface area contributed by atoms with Crippen molar-refractivity contribution < 1.29 is 0 Å². The molecule has 1 unspecified atom stereocenters. The molecule has 69 valence electrons. The van der Waals surface area contributed by atoms with Gasteiger partial charge in [0.15, 0.2) is 13.1 Å². The van der Waals surface area contributed by atoms with E-state index in [2.05, 4.69) is 37.4 Å². The number of hydrogen-bond acceptors (Lipinski definition) is 2. The van der Waals surface area contributed by atoms with Crippen LogP contribution in [0.25, 0.3) is 0 Å². The van der Waals surface area contributed by atoms with E-state index in [4.69, 9.17) is 0 Å². The minimum Gasteiger partial charge on any atom is -0.115 e. The monoisotopic (exact) mass is 168 g/mol. The second-order valence-electron chi connectivity index (χ2n) is 2.92. The van der Waals surface area contributed by atoms with E-state index in [9.17, 15) is 0 Å². The zero-order chi connectivity index (χ0) is 9.40. The second-order valence-corrected chi connectivity index (χ2v) is 2.92. The Morgan fingerprint density at radius 3 is 2.17 bits per heavy atom. The molecular formula is C10H20N2+. The topological polar surface area (TPSA) is 17.9 Å². The molecule has 1 radical (unpaired) electrons.